The molecule has 2 N–H and O–H groups in total. The van der Waals surface area contributed by atoms with Crippen LogP contribution in [0.1, 0.15) is 17.4 Å². The first-order valence-electron chi connectivity index (χ1n) is 13.7. The number of piperazine rings is 1. The number of nitrogens with zero attached hydrogens (tertiary/aromatic N) is 6. The van der Waals surface area contributed by atoms with E-state index in [0.29, 0.717) is 38.2 Å². The van der Waals surface area contributed by atoms with Crippen LogP contribution in [0.25, 0.3) is 22.0 Å². The van der Waals surface area contributed by atoms with Crippen molar-refractivity contribution in [2.45, 2.75) is 25.2 Å². The molecule has 7 rings (SSSR count). The third-order valence-corrected chi connectivity index (χ3v) is 8.81. The van der Waals surface area contributed by atoms with Gasteiger partial charge >= 0.3 is 0 Å². The number of amides is 1. The second kappa shape index (κ2) is 11.0. The van der Waals surface area contributed by atoms with Crippen LogP contribution in [0.5, 0.6) is 5.75 Å². The lowest BCUT2D eigenvalue weighted by Gasteiger charge is -2.29. The minimum Gasteiger partial charge on any atom is -0.494 e. The number of carbonyl (C=O) groups excluding carboxylic acids is 1. The molecule has 13 heteroatoms. The molecule has 1 saturated heterocycles. The molecule has 42 heavy (non-hydrogen) atoms. The molecule has 2 atom stereocenters. The van der Waals surface area contributed by atoms with Crippen LogP contribution in [-0.2, 0) is 17.8 Å². The van der Waals surface area contributed by atoms with Crippen LogP contribution in [0.4, 0.5) is 15.2 Å². The molecule has 5 aromatic rings. The summed E-state index contributed by atoms with van der Waals surface area (Å²) in [7, 11) is 1.59. The largest absolute Gasteiger partial charge is 0.494 e. The maximum Gasteiger partial charge on any atom is 0.257 e. The fourth-order valence-corrected chi connectivity index (χ4v) is 6.59. The maximum absolute atomic E-state index is 14.3. The van der Waals surface area contributed by atoms with Crippen molar-refractivity contribution >= 4 is 50.6 Å². The Morgan fingerprint density at radius 1 is 1.24 bits per heavy atom. The van der Waals surface area contributed by atoms with Crippen molar-refractivity contribution in [2.24, 2.45) is 0 Å². The lowest BCUT2D eigenvalue weighted by molar-refractivity contribution is -0.118. The summed E-state index contributed by atoms with van der Waals surface area (Å²) in [5.74, 6) is 0.154. The Balaban J connectivity index is 1.30. The Morgan fingerprint density at radius 2 is 2.05 bits per heavy atom. The van der Waals surface area contributed by atoms with Gasteiger partial charge in [-0.25, -0.2) is 14.4 Å². The number of fused-ring (bicyclic) bond motifs is 2. The van der Waals surface area contributed by atoms with E-state index in [-0.39, 0.29) is 18.9 Å². The molecule has 0 aliphatic carbocycles. The lowest BCUT2D eigenvalue weighted by Crippen LogP contribution is -2.43. The fraction of sp³-hybridized carbons (Fsp3) is 0.310. The molecule has 2 aliphatic heterocycles. The zero-order valence-corrected chi connectivity index (χ0v) is 24.3. The molecule has 2 aliphatic rings. The highest BCUT2D eigenvalue weighted by molar-refractivity contribution is 7.13. The number of anilines is 2. The van der Waals surface area contributed by atoms with Crippen molar-refractivity contribution in [1.82, 2.24) is 29.6 Å². The van der Waals surface area contributed by atoms with E-state index in [0.717, 1.165) is 43.0 Å². The predicted molar refractivity (Wildman–Crippen MR) is 162 cm³/mol. The molecule has 1 unspecified atom stereocenters. The summed E-state index contributed by atoms with van der Waals surface area (Å²) in [6, 6.07) is 9.20. The molecule has 2 aromatic carbocycles. The van der Waals surface area contributed by atoms with Crippen LogP contribution in [0.2, 0.25) is 5.02 Å². The molecule has 0 spiro atoms. The molecule has 0 bridgehead atoms. The number of benzene rings is 2. The zero-order valence-electron chi connectivity index (χ0n) is 22.8. The molecular weight excluding hydrogens is 579 g/mol. The van der Waals surface area contributed by atoms with E-state index in [9.17, 15) is 9.18 Å². The summed E-state index contributed by atoms with van der Waals surface area (Å²) in [6.07, 6.45) is 4.05. The Bertz CT molecular complexity index is 1750. The number of imidazole rings is 1. The van der Waals surface area contributed by atoms with Gasteiger partial charge in [0.1, 0.15) is 11.7 Å². The number of halogens is 2. The number of hydrogen-bond donors (Lipinski definition) is 2. The van der Waals surface area contributed by atoms with Gasteiger partial charge in [0.25, 0.3) is 5.91 Å². The molecule has 5 heterocycles. The highest BCUT2D eigenvalue weighted by Gasteiger charge is 2.35. The van der Waals surface area contributed by atoms with Crippen molar-refractivity contribution in [1.29, 1.82) is 0 Å². The highest BCUT2D eigenvalue weighted by atomic mass is 35.5. The van der Waals surface area contributed by atoms with Crippen molar-refractivity contribution in [3.8, 4) is 16.9 Å². The summed E-state index contributed by atoms with van der Waals surface area (Å²) in [4.78, 5) is 24.8. The highest BCUT2D eigenvalue weighted by Crippen LogP contribution is 2.41. The summed E-state index contributed by atoms with van der Waals surface area (Å²) in [6.45, 7) is 4.05. The Hall–Kier alpha value is -4.00. The van der Waals surface area contributed by atoms with Crippen LogP contribution in [-0.4, -0.2) is 69.7 Å². The number of aromatic nitrogens is 5. The van der Waals surface area contributed by atoms with Crippen LogP contribution in [0, 0.1) is 0 Å². The summed E-state index contributed by atoms with van der Waals surface area (Å²) in [5.41, 5.74) is 4.51. The van der Waals surface area contributed by atoms with E-state index < -0.39 is 12.2 Å². The standard InChI is InChI=1S/C29H28ClFN8O2S/c1-41-27-20(17-2-4-19(5-3-17)37-9-6-32-7-10-37)13-22(30)21-15-39(36-24(21)27)26(28(40)35-29-33-8-11-42-29)25-23-12-18(31)14-38(23)16-34-25/h2-5,8,11,13,15-16,18,26,32H,6-7,9-10,12,14H2,1H3,(H,33,35,40)/t18-,26?/m1/s1. The monoisotopic (exact) mass is 606 g/mol. The van der Waals surface area contributed by atoms with Gasteiger partial charge in [-0.3, -0.25) is 14.8 Å². The van der Waals surface area contributed by atoms with Crippen molar-refractivity contribution < 1.29 is 13.9 Å². The number of ether oxygens (including phenoxy) is 1. The zero-order chi connectivity index (χ0) is 28.8. The van der Waals surface area contributed by atoms with E-state index in [1.165, 1.54) is 16.0 Å². The van der Waals surface area contributed by atoms with Gasteiger partial charge in [0.2, 0.25) is 0 Å². The van der Waals surface area contributed by atoms with Crippen LogP contribution < -0.4 is 20.3 Å². The van der Waals surface area contributed by atoms with E-state index >= 15 is 0 Å². The number of alkyl halides is 1. The molecular formula is C29H28ClFN8O2S. The smallest absolute Gasteiger partial charge is 0.257 e. The van der Waals surface area contributed by atoms with Gasteiger partial charge < -0.3 is 19.5 Å². The van der Waals surface area contributed by atoms with Gasteiger partial charge in [-0.05, 0) is 23.8 Å². The fourth-order valence-electron chi connectivity index (χ4n) is 5.81. The Kier molecular flexibility index (Phi) is 7.04. The Morgan fingerprint density at radius 3 is 2.79 bits per heavy atom. The Labute approximate surface area is 250 Å². The molecule has 0 saturated carbocycles. The quantitative estimate of drug-likeness (QED) is 0.280. The summed E-state index contributed by atoms with van der Waals surface area (Å²) in [5, 5.41) is 14.4. The first kappa shape index (κ1) is 26.9. The number of carbonyl (C=O) groups is 1. The van der Waals surface area contributed by atoms with Crippen LogP contribution >= 0.6 is 22.9 Å². The second-order valence-corrected chi connectivity index (χ2v) is 11.7. The average Bonchev–Trinajstić information content (AvgIpc) is 3.81. The molecule has 10 nitrogen and oxygen atoms in total. The van der Waals surface area contributed by atoms with Crippen molar-refractivity contribution in [2.75, 3.05) is 43.5 Å². The van der Waals surface area contributed by atoms with Gasteiger partial charge in [-0.1, -0.05) is 23.7 Å². The first-order chi connectivity index (χ1) is 20.5. The van der Waals surface area contributed by atoms with Crippen LogP contribution in [0.3, 0.4) is 0 Å². The number of nitrogens with one attached hydrogen (secondary N) is 2. The number of hydrogen-bond acceptors (Lipinski definition) is 8. The van der Waals surface area contributed by atoms with Gasteiger partial charge in [0.15, 0.2) is 16.9 Å². The van der Waals surface area contributed by atoms with Crippen LogP contribution in [0.15, 0.2) is 54.4 Å². The molecule has 0 radical (unpaired) electrons. The number of methoxy groups -OCH3 is 1. The molecule has 3 aromatic heterocycles. The minimum atomic E-state index is -1.03. The summed E-state index contributed by atoms with van der Waals surface area (Å²) < 4.78 is 23.5. The van der Waals surface area contributed by atoms with Gasteiger partial charge in [-0.15, -0.1) is 11.3 Å². The number of rotatable bonds is 7. The first-order valence-corrected chi connectivity index (χ1v) is 15.0. The second-order valence-electron chi connectivity index (χ2n) is 10.4. The van der Waals surface area contributed by atoms with E-state index in [1.54, 1.807) is 35.8 Å². The third-order valence-electron chi connectivity index (χ3n) is 7.81. The van der Waals surface area contributed by atoms with Gasteiger partial charge in [0, 0.05) is 72.7 Å². The van der Waals surface area contributed by atoms with E-state index in [1.807, 2.05) is 6.07 Å². The van der Waals surface area contributed by atoms with Crippen molar-refractivity contribution in [3.05, 3.63) is 70.8 Å². The van der Waals surface area contributed by atoms with E-state index in [2.05, 4.69) is 49.8 Å². The maximum atomic E-state index is 14.3. The minimum absolute atomic E-state index is 0.176. The predicted octanol–water partition coefficient (Wildman–Crippen LogP) is 4.55. The van der Waals surface area contributed by atoms with Gasteiger partial charge in [-0.2, -0.15) is 5.10 Å². The lowest BCUT2D eigenvalue weighted by atomic mass is 10.0. The number of thiazole rings is 1. The third kappa shape index (κ3) is 4.79. The molecule has 216 valence electrons. The topological polar surface area (TPSA) is 102 Å². The van der Waals surface area contributed by atoms with E-state index in [4.69, 9.17) is 21.4 Å². The molecule has 1 fully saturated rings. The SMILES string of the molecule is COc1c(-c2ccc(N3CCNCC3)cc2)cc(Cl)c2cn(C(C(=O)Nc3nccs3)c3ncn4c3C[C@@H](F)C4)nc12. The molecule has 1 amide bonds. The van der Waals surface area contributed by atoms with Crippen molar-refractivity contribution in [3.63, 3.8) is 0 Å². The average molecular weight is 607 g/mol. The summed E-state index contributed by atoms with van der Waals surface area (Å²) >= 11 is 8.15. The normalized spacial score (nSPS) is 17.4. The van der Waals surface area contributed by atoms with Gasteiger partial charge in [0.05, 0.1) is 30.7 Å².